The molecule has 1 aromatic heterocycles. The fourth-order valence-corrected chi connectivity index (χ4v) is 3.94. The van der Waals surface area contributed by atoms with Gasteiger partial charge >= 0.3 is 0 Å². The van der Waals surface area contributed by atoms with Crippen LogP contribution in [0.15, 0.2) is 30.5 Å². The predicted octanol–water partition coefficient (Wildman–Crippen LogP) is 5.39. The van der Waals surface area contributed by atoms with Crippen LogP contribution in [-0.2, 0) is 10.2 Å². The van der Waals surface area contributed by atoms with E-state index in [0.717, 1.165) is 23.4 Å². The van der Waals surface area contributed by atoms with Gasteiger partial charge in [0, 0.05) is 36.4 Å². The number of benzene rings is 1. The van der Waals surface area contributed by atoms with Crippen molar-refractivity contribution in [3.8, 4) is 0 Å². The number of aromatic nitrogens is 1. The van der Waals surface area contributed by atoms with E-state index >= 15 is 0 Å². The Morgan fingerprint density at radius 1 is 1.26 bits per heavy atom. The highest BCUT2D eigenvalue weighted by atomic mass is 35.5. The lowest BCUT2D eigenvalue weighted by molar-refractivity contribution is 0.0515. The van der Waals surface area contributed by atoms with Gasteiger partial charge in [-0.2, -0.15) is 0 Å². The van der Waals surface area contributed by atoms with Crippen LogP contribution in [0.3, 0.4) is 0 Å². The Labute approximate surface area is 179 Å². The standard InChI is InChI=1S/C19H20Cl3N3OS/c1-12-15(21)10-23-17(16(12)22)25-18(27)24-11-19(5-7-26-8-6-19)13-3-2-4-14(20)9-13/h2-4,9-10H,5-8,11H2,1H3,(H2,23,24,25,27). The van der Waals surface area contributed by atoms with Gasteiger partial charge in [-0.1, -0.05) is 46.9 Å². The topological polar surface area (TPSA) is 46.2 Å². The molecule has 1 aliphatic rings. The Kier molecular flexibility index (Phi) is 6.82. The van der Waals surface area contributed by atoms with Gasteiger partial charge in [-0.15, -0.1) is 0 Å². The molecule has 144 valence electrons. The number of hydrogen-bond donors (Lipinski definition) is 2. The van der Waals surface area contributed by atoms with Gasteiger partial charge in [0.05, 0.1) is 10.0 Å². The van der Waals surface area contributed by atoms with Gasteiger partial charge in [-0.25, -0.2) is 4.98 Å². The summed E-state index contributed by atoms with van der Waals surface area (Å²) in [5, 5.41) is 8.54. The van der Waals surface area contributed by atoms with Crippen molar-refractivity contribution in [1.29, 1.82) is 0 Å². The summed E-state index contributed by atoms with van der Waals surface area (Å²) >= 11 is 24.0. The number of halogens is 3. The van der Waals surface area contributed by atoms with Crippen LogP contribution in [-0.4, -0.2) is 29.9 Å². The molecule has 4 nitrogen and oxygen atoms in total. The van der Waals surface area contributed by atoms with Crippen molar-refractivity contribution in [3.63, 3.8) is 0 Å². The first-order valence-corrected chi connectivity index (χ1v) is 10.1. The van der Waals surface area contributed by atoms with Crippen molar-refractivity contribution >= 4 is 58.0 Å². The van der Waals surface area contributed by atoms with Crippen molar-refractivity contribution in [2.75, 3.05) is 25.1 Å². The summed E-state index contributed by atoms with van der Waals surface area (Å²) < 4.78 is 5.57. The van der Waals surface area contributed by atoms with Gasteiger partial charge in [-0.3, -0.25) is 0 Å². The maximum absolute atomic E-state index is 6.30. The first kappa shape index (κ1) is 20.6. The van der Waals surface area contributed by atoms with Crippen molar-refractivity contribution in [1.82, 2.24) is 10.3 Å². The molecule has 27 heavy (non-hydrogen) atoms. The Bertz CT molecular complexity index is 841. The van der Waals surface area contributed by atoms with Crippen LogP contribution < -0.4 is 10.6 Å². The van der Waals surface area contributed by atoms with E-state index in [9.17, 15) is 0 Å². The minimum Gasteiger partial charge on any atom is -0.381 e. The highest BCUT2D eigenvalue weighted by molar-refractivity contribution is 7.80. The van der Waals surface area contributed by atoms with Crippen LogP contribution >= 0.6 is 47.0 Å². The van der Waals surface area contributed by atoms with Gasteiger partial charge < -0.3 is 15.4 Å². The zero-order valence-electron chi connectivity index (χ0n) is 14.8. The molecule has 0 bridgehead atoms. The maximum atomic E-state index is 6.30. The molecule has 0 radical (unpaired) electrons. The molecular weight excluding hydrogens is 425 g/mol. The number of anilines is 1. The quantitative estimate of drug-likeness (QED) is 0.619. The molecule has 8 heteroatoms. The highest BCUT2D eigenvalue weighted by Gasteiger charge is 2.34. The molecule has 0 aliphatic carbocycles. The maximum Gasteiger partial charge on any atom is 0.172 e. The predicted molar refractivity (Wildman–Crippen MR) is 116 cm³/mol. The van der Waals surface area contributed by atoms with E-state index in [0.29, 0.717) is 40.7 Å². The largest absolute Gasteiger partial charge is 0.381 e. The van der Waals surface area contributed by atoms with E-state index in [1.54, 1.807) is 6.20 Å². The van der Waals surface area contributed by atoms with E-state index in [4.69, 9.17) is 51.8 Å². The highest BCUT2D eigenvalue weighted by Crippen LogP contribution is 2.35. The smallest absolute Gasteiger partial charge is 0.172 e. The molecule has 1 saturated heterocycles. The molecule has 1 fully saturated rings. The third-order valence-electron chi connectivity index (χ3n) is 4.91. The average Bonchev–Trinajstić information content (AvgIpc) is 2.68. The average molecular weight is 445 g/mol. The Morgan fingerprint density at radius 2 is 2.00 bits per heavy atom. The zero-order chi connectivity index (χ0) is 19.4. The third kappa shape index (κ3) is 4.84. The van der Waals surface area contributed by atoms with Crippen molar-refractivity contribution in [2.24, 2.45) is 0 Å². The second kappa shape index (κ2) is 8.93. The SMILES string of the molecule is Cc1c(Cl)cnc(NC(=S)NCC2(c3cccc(Cl)c3)CCOCC2)c1Cl. The van der Waals surface area contributed by atoms with Crippen LogP contribution in [0.1, 0.15) is 24.0 Å². The second-order valence-corrected chi connectivity index (χ2v) is 8.23. The summed E-state index contributed by atoms with van der Waals surface area (Å²) in [7, 11) is 0. The molecule has 1 aromatic carbocycles. The Morgan fingerprint density at radius 3 is 2.70 bits per heavy atom. The van der Waals surface area contributed by atoms with E-state index in [2.05, 4.69) is 21.7 Å². The lowest BCUT2D eigenvalue weighted by atomic mass is 9.74. The fourth-order valence-electron chi connectivity index (χ4n) is 3.19. The van der Waals surface area contributed by atoms with Crippen LogP contribution in [0.25, 0.3) is 0 Å². The first-order chi connectivity index (χ1) is 12.9. The summed E-state index contributed by atoms with van der Waals surface area (Å²) in [6.07, 6.45) is 3.34. The van der Waals surface area contributed by atoms with Crippen LogP contribution in [0, 0.1) is 6.92 Å². The summed E-state index contributed by atoms with van der Waals surface area (Å²) in [5.74, 6) is 0.486. The van der Waals surface area contributed by atoms with E-state index < -0.39 is 0 Å². The number of thiocarbonyl (C=S) groups is 1. The monoisotopic (exact) mass is 443 g/mol. The summed E-state index contributed by atoms with van der Waals surface area (Å²) in [6, 6.07) is 7.99. The molecule has 1 aliphatic heterocycles. The number of hydrogen-bond acceptors (Lipinski definition) is 3. The molecular formula is C19H20Cl3N3OS. The van der Waals surface area contributed by atoms with Crippen molar-refractivity contribution in [2.45, 2.75) is 25.2 Å². The Balaban J connectivity index is 1.72. The minimum atomic E-state index is -0.0952. The van der Waals surface area contributed by atoms with Gasteiger partial charge in [0.1, 0.15) is 0 Å². The third-order valence-corrected chi connectivity index (χ3v) is 6.23. The van der Waals surface area contributed by atoms with E-state index in [-0.39, 0.29) is 5.41 Å². The molecule has 2 N–H and O–H groups in total. The Hall–Kier alpha value is -1.11. The van der Waals surface area contributed by atoms with Crippen LogP contribution in [0.4, 0.5) is 5.82 Å². The molecule has 0 spiro atoms. The zero-order valence-corrected chi connectivity index (χ0v) is 17.9. The van der Waals surface area contributed by atoms with Gasteiger partial charge in [0.15, 0.2) is 10.9 Å². The number of pyridine rings is 1. The molecule has 0 atom stereocenters. The minimum absolute atomic E-state index is 0.0952. The van der Waals surface area contributed by atoms with Gasteiger partial charge in [0.2, 0.25) is 0 Å². The summed E-state index contributed by atoms with van der Waals surface area (Å²) in [4.78, 5) is 4.22. The van der Waals surface area contributed by atoms with E-state index in [1.807, 2.05) is 25.1 Å². The fraction of sp³-hybridized carbons (Fsp3) is 0.368. The van der Waals surface area contributed by atoms with Crippen molar-refractivity contribution < 1.29 is 4.74 Å². The number of nitrogens with one attached hydrogen (secondary N) is 2. The molecule has 0 amide bonds. The first-order valence-electron chi connectivity index (χ1n) is 8.60. The number of ether oxygens (including phenoxy) is 1. The summed E-state index contributed by atoms with van der Waals surface area (Å²) in [6.45, 7) is 3.91. The number of rotatable bonds is 4. The molecule has 3 rings (SSSR count). The van der Waals surface area contributed by atoms with Crippen LogP contribution in [0.5, 0.6) is 0 Å². The van der Waals surface area contributed by atoms with Crippen molar-refractivity contribution in [3.05, 3.63) is 56.7 Å². The molecule has 2 heterocycles. The molecule has 0 unspecified atom stereocenters. The number of nitrogens with zero attached hydrogens (tertiary/aromatic N) is 1. The molecule has 2 aromatic rings. The lowest BCUT2D eigenvalue weighted by Gasteiger charge is -2.38. The van der Waals surface area contributed by atoms with Crippen LogP contribution in [0.2, 0.25) is 15.1 Å². The van der Waals surface area contributed by atoms with E-state index in [1.165, 1.54) is 5.56 Å². The molecule has 0 saturated carbocycles. The second-order valence-electron chi connectivity index (χ2n) is 6.60. The lowest BCUT2D eigenvalue weighted by Crippen LogP contribution is -2.45. The van der Waals surface area contributed by atoms with Gasteiger partial charge in [-0.05, 0) is 55.2 Å². The summed E-state index contributed by atoms with van der Waals surface area (Å²) in [5.41, 5.74) is 1.85. The van der Waals surface area contributed by atoms with Gasteiger partial charge in [0.25, 0.3) is 0 Å². The normalized spacial score (nSPS) is 16.0.